The largest absolute Gasteiger partial charge is 0.544 e. The van der Waals surface area contributed by atoms with Crippen LogP contribution >= 0.6 is 0 Å². The van der Waals surface area contributed by atoms with Gasteiger partial charge in [0.05, 0.1) is 19.6 Å². The molecule has 1 atom stereocenters. The van der Waals surface area contributed by atoms with Gasteiger partial charge < -0.3 is 14.4 Å². The smallest absolute Gasteiger partial charge is 0.149 e. The third-order valence-electron chi connectivity index (χ3n) is 3.88. The molecule has 14 heavy (non-hydrogen) atoms. The van der Waals surface area contributed by atoms with Gasteiger partial charge in [0.25, 0.3) is 0 Å². The zero-order valence-electron chi connectivity index (χ0n) is 9.54. The maximum atomic E-state index is 10.7. The molecule has 4 nitrogen and oxygen atoms in total. The van der Waals surface area contributed by atoms with Crippen molar-refractivity contribution in [3.63, 3.8) is 0 Å². The van der Waals surface area contributed by atoms with Gasteiger partial charge in [0.2, 0.25) is 0 Å². The van der Waals surface area contributed by atoms with Crippen LogP contribution in [-0.4, -0.2) is 54.7 Å². The molecular formula is C10H20N2O2. The Kier molecular flexibility index (Phi) is 2.88. The number of carbonyl (C=O) groups excluding carboxylic acids is 1. The Balaban J connectivity index is 2.88. The SMILES string of the molecule is CN1CCC[N+](C)(CC(=O)[O-])C1(C)C. The third kappa shape index (κ3) is 1.77. The van der Waals surface area contributed by atoms with Crippen LogP contribution in [-0.2, 0) is 4.79 Å². The first-order chi connectivity index (χ1) is 6.29. The Morgan fingerprint density at radius 3 is 2.64 bits per heavy atom. The quantitative estimate of drug-likeness (QED) is 0.551. The van der Waals surface area contributed by atoms with E-state index in [0.29, 0.717) is 4.48 Å². The van der Waals surface area contributed by atoms with Crippen molar-refractivity contribution in [1.82, 2.24) is 4.90 Å². The molecule has 1 fully saturated rings. The number of carboxylic acid groups (broad SMARTS) is 1. The van der Waals surface area contributed by atoms with Crippen LogP contribution in [0.2, 0.25) is 0 Å². The van der Waals surface area contributed by atoms with Crippen molar-refractivity contribution >= 4 is 5.97 Å². The maximum absolute atomic E-state index is 10.7. The molecule has 0 N–H and O–H groups in total. The van der Waals surface area contributed by atoms with E-state index in [1.807, 2.05) is 14.1 Å². The lowest BCUT2D eigenvalue weighted by molar-refractivity contribution is -0.968. The van der Waals surface area contributed by atoms with Gasteiger partial charge in [0.15, 0.2) is 0 Å². The fourth-order valence-electron chi connectivity index (χ4n) is 2.17. The Bertz CT molecular complexity index is 240. The molecule has 82 valence electrons. The monoisotopic (exact) mass is 200 g/mol. The fraction of sp³-hybridized carbons (Fsp3) is 0.900. The number of likely N-dealkylation sites (N-methyl/N-ethyl adjacent to an activating group) is 1. The summed E-state index contributed by atoms with van der Waals surface area (Å²) in [5.41, 5.74) is -0.127. The minimum absolute atomic E-state index is 0.0946. The molecule has 0 aromatic carbocycles. The van der Waals surface area contributed by atoms with Crippen LogP contribution in [0.3, 0.4) is 0 Å². The van der Waals surface area contributed by atoms with Gasteiger partial charge in [-0.1, -0.05) is 0 Å². The Hall–Kier alpha value is -0.610. The molecule has 0 saturated carbocycles. The van der Waals surface area contributed by atoms with E-state index in [4.69, 9.17) is 0 Å². The first-order valence-electron chi connectivity index (χ1n) is 5.05. The van der Waals surface area contributed by atoms with Crippen molar-refractivity contribution < 1.29 is 14.4 Å². The van der Waals surface area contributed by atoms with Gasteiger partial charge in [0.1, 0.15) is 12.2 Å². The molecular weight excluding hydrogens is 180 g/mol. The van der Waals surface area contributed by atoms with Crippen molar-refractivity contribution in [1.29, 1.82) is 0 Å². The number of nitrogens with zero attached hydrogens (tertiary/aromatic N) is 2. The molecule has 0 spiro atoms. The number of aliphatic carboxylic acids is 1. The summed E-state index contributed by atoms with van der Waals surface area (Å²) in [6.07, 6.45) is 1.05. The Morgan fingerprint density at radius 2 is 2.14 bits per heavy atom. The maximum Gasteiger partial charge on any atom is 0.149 e. The van der Waals surface area contributed by atoms with Crippen LogP contribution in [0.4, 0.5) is 0 Å². The molecule has 1 unspecified atom stereocenters. The van der Waals surface area contributed by atoms with Crippen LogP contribution in [0.5, 0.6) is 0 Å². The second-order valence-corrected chi connectivity index (χ2v) is 4.92. The molecule has 1 aliphatic heterocycles. The summed E-state index contributed by atoms with van der Waals surface area (Å²) >= 11 is 0. The second kappa shape index (κ2) is 3.51. The van der Waals surface area contributed by atoms with E-state index in [1.165, 1.54) is 0 Å². The minimum atomic E-state index is -0.962. The van der Waals surface area contributed by atoms with Gasteiger partial charge in [-0.05, 0) is 7.05 Å². The molecule has 0 radical (unpaired) electrons. The lowest BCUT2D eigenvalue weighted by atomic mass is 10.0. The van der Waals surface area contributed by atoms with E-state index in [1.54, 1.807) is 0 Å². The predicted molar refractivity (Wildman–Crippen MR) is 52.3 cm³/mol. The zero-order chi connectivity index (χ0) is 11.0. The number of rotatable bonds is 2. The molecule has 1 aliphatic rings. The molecule has 0 aliphatic carbocycles. The summed E-state index contributed by atoms with van der Waals surface area (Å²) < 4.78 is 0.534. The van der Waals surface area contributed by atoms with E-state index >= 15 is 0 Å². The highest BCUT2D eigenvalue weighted by Crippen LogP contribution is 2.29. The highest BCUT2D eigenvalue weighted by Gasteiger charge is 2.45. The number of hydrogen-bond donors (Lipinski definition) is 0. The molecule has 0 aromatic heterocycles. The average molecular weight is 200 g/mol. The van der Waals surface area contributed by atoms with Gasteiger partial charge >= 0.3 is 0 Å². The molecule has 0 amide bonds. The van der Waals surface area contributed by atoms with Crippen molar-refractivity contribution in [2.45, 2.75) is 25.9 Å². The Labute approximate surface area is 85.7 Å². The summed E-state index contributed by atoms with van der Waals surface area (Å²) in [5, 5.41) is 10.7. The lowest BCUT2D eigenvalue weighted by Crippen LogP contribution is -2.71. The van der Waals surface area contributed by atoms with Crippen molar-refractivity contribution in [2.75, 3.05) is 33.7 Å². The highest BCUT2D eigenvalue weighted by atomic mass is 16.4. The summed E-state index contributed by atoms with van der Waals surface area (Å²) in [5.74, 6) is -0.962. The van der Waals surface area contributed by atoms with Crippen LogP contribution in [0.15, 0.2) is 0 Å². The molecule has 1 saturated heterocycles. The van der Waals surface area contributed by atoms with Gasteiger partial charge in [-0.2, -0.15) is 0 Å². The lowest BCUT2D eigenvalue weighted by Gasteiger charge is -2.55. The molecule has 0 bridgehead atoms. The Morgan fingerprint density at radius 1 is 1.57 bits per heavy atom. The van der Waals surface area contributed by atoms with Crippen molar-refractivity contribution in [2.24, 2.45) is 0 Å². The summed E-state index contributed by atoms with van der Waals surface area (Å²) in [7, 11) is 4.04. The normalized spacial score (nSPS) is 32.9. The summed E-state index contributed by atoms with van der Waals surface area (Å²) in [4.78, 5) is 12.9. The average Bonchev–Trinajstić information content (AvgIpc) is 1.99. The number of quaternary nitrogens is 1. The van der Waals surface area contributed by atoms with E-state index in [9.17, 15) is 9.90 Å². The fourth-order valence-corrected chi connectivity index (χ4v) is 2.17. The number of carboxylic acids is 1. The van der Waals surface area contributed by atoms with Crippen LogP contribution in [0, 0.1) is 0 Å². The second-order valence-electron chi connectivity index (χ2n) is 4.92. The number of carbonyl (C=O) groups is 1. The van der Waals surface area contributed by atoms with Crippen LogP contribution in [0.25, 0.3) is 0 Å². The molecule has 1 rings (SSSR count). The van der Waals surface area contributed by atoms with Gasteiger partial charge in [-0.3, -0.25) is 4.90 Å². The van der Waals surface area contributed by atoms with Crippen molar-refractivity contribution in [3.8, 4) is 0 Å². The first kappa shape index (κ1) is 11.5. The zero-order valence-corrected chi connectivity index (χ0v) is 9.54. The predicted octanol–water partition coefficient (Wildman–Crippen LogP) is -0.745. The van der Waals surface area contributed by atoms with Gasteiger partial charge in [0, 0.05) is 26.8 Å². The summed E-state index contributed by atoms with van der Waals surface area (Å²) in [6, 6.07) is 0. The molecule has 4 heteroatoms. The third-order valence-corrected chi connectivity index (χ3v) is 3.88. The standard InChI is InChI=1S/C10H20N2O2/c1-10(2)11(3)6-5-7-12(10,4)8-9(13)14/h5-8H2,1-4H3. The highest BCUT2D eigenvalue weighted by molar-refractivity contribution is 5.65. The van der Waals surface area contributed by atoms with Crippen LogP contribution in [0.1, 0.15) is 20.3 Å². The van der Waals surface area contributed by atoms with E-state index < -0.39 is 5.97 Å². The van der Waals surface area contributed by atoms with Crippen LogP contribution < -0.4 is 5.11 Å². The van der Waals surface area contributed by atoms with E-state index in [-0.39, 0.29) is 12.2 Å². The van der Waals surface area contributed by atoms with Gasteiger partial charge in [-0.15, -0.1) is 0 Å². The molecule has 0 aromatic rings. The first-order valence-corrected chi connectivity index (χ1v) is 5.05. The summed E-state index contributed by atoms with van der Waals surface area (Å²) in [6.45, 7) is 6.22. The number of hydrogen-bond acceptors (Lipinski definition) is 3. The molecule has 1 heterocycles. The minimum Gasteiger partial charge on any atom is -0.544 e. The van der Waals surface area contributed by atoms with Crippen molar-refractivity contribution in [3.05, 3.63) is 0 Å². The van der Waals surface area contributed by atoms with E-state index in [2.05, 4.69) is 18.7 Å². The van der Waals surface area contributed by atoms with Gasteiger partial charge in [-0.25, -0.2) is 0 Å². The topological polar surface area (TPSA) is 43.4 Å². The van der Waals surface area contributed by atoms with E-state index in [0.717, 1.165) is 19.5 Å².